The van der Waals surface area contributed by atoms with E-state index in [-0.39, 0.29) is 5.56 Å². The lowest BCUT2D eigenvalue weighted by Crippen LogP contribution is -2.22. The number of hydrogen-bond acceptors (Lipinski definition) is 4. The molecule has 2 aromatic heterocycles. The molecule has 0 saturated heterocycles. The quantitative estimate of drug-likeness (QED) is 0.558. The molecule has 6 nitrogen and oxygen atoms in total. The average Bonchev–Trinajstić information content (AvgIpc) is 3.13. The van der Waals surface area contributed by atoms with E-state index in [1.165, 1.54) is 10.6 Å². The minimum Gasteiger partial charge on any atom is -0.368 e. The molecule has 4 rings (SSSR count). The first-order valence-electron chi connectivity index (χ1n) is 8.73. The number of H-pyrrole nitrogens is 1. The van der Waals surface area contributed by atoms with E-state index in [1.54, 1.807) is 6.08 Å². The van der Waals surface area contributed by atoms with Crippen LogP contribution in [0.1, 0.15) is 11.3 Å². The average molecular weight is 392 g/mol. The van der Waals surface area contributed by atoms with Crippen molar-refractivity contribution in [2.24, 2.45) is 0 Å². The molecule has 0 aliphatic heterocycles. The molecule has 0 aliphatic rings. The topological polar surface area (TPSA) is 66.3 Å². The third kappa shape index (κ3) is 3.30. The van der Waals surface area contributed by atoms with Crippen LogP contribution in [-0.4, -0.2) is 26.6 Å². The smallest absolute Gasteiger partial charge is 0.274 e. The predicted molar refractivity (Wildman–Crippen MR) is 113 cm³/mol. The zero-order chi connectivity index (χ0) is 19.7. The van der Waals surface area contributed by atoms with Gasteiger partial charge in [0.2, 0.25) is 0 Å². The second kappa shape index (κ2) is 7.32. The van der Waals surface area contributed by atoms with Crippen LogP contribution in [-0.2, 0) is 6.54 Å². The molecule has 140 valence electrons. The van der Waals surface area contributed by atoms with E-state index in [0.717, 1.165) is 16.8 Å². The van der Waals surface area contributed by atoms with Gasteiger partial charge in [-0.1, -0.05) is 60.7 Å². The third-order valence-electron chi connectivity index (χ3n) is 4.48. The van der Waals surface area contributed by atoms with Crippen LogP contribution < -0.4 is 10.5 Å². The predicted octanol–water partition coefficient (Wildman–Crippen LogP) is 4.02. The van der Waals surface area contributed by atoms with Crippen molar-refractivity contribution in [3.05, 3.63) is 87.8 Å². The van der Waals surface area contributed by atoms with E-state index < -0.39 is 0 Å². The van der Waals surface area contributed by atoms with Crippen molar-refractivity contribution in [2.75, 3.05) is 11.9 Å². The second-order valence-electron chi connectivity index (χ2n) is 6.39. The van der Waals surface area contributed by atoms with Crippen LogP contribution in [0.25, 0.3) is 23.2 Å². The summed E-state index contributed by atoms with van der Waals surface area (Å²) in [6, 6.07) is 16.8. The van der Waals surface area contributed by atoms with Crippen LogP contribution in [0, 0.1) is 0 Å². The highest BCUT2D eigenvalue weighted by atomic mass is 35.5. The van der Waals surface area contributed by atoms with Gasteiger partial charge in [0.05, 0.1) is 12.2 Å². The van der Waals surface area contributed by atoms with Crippen LogP contribution in [0.4, 0.5) is 5.69 Å². The highest BCUT2D eigenvalue weighted by molar-refractivity contribution is 6.32. The Balaban J connectivity index is 1.69. The number of halogens is 1. The summed E-state index contributed by atoms with van der Waals surface area (Å²) in [4.78, 5) is 23.5. The van der Waals surface area contributed by atoms with Gasteiger partial charge in [0, 0.05) is 35.0 Å². The molecule has 0 radical (unpaired) electrons. The highest BCUT2D eigenvalue weighted by Crippen LogP contribution is 2.28. The summed E-state index contributed by atoms with van der Waals surface area (Å²) < 4.78 is 1.35. The van der Waals surface area contributed by atoms with Gasteiger partial charge in [0.1, 0.15) is 0 Å². The number of nitrogens with zero attached hydrogens (tertiary/aromatic N) is 4. The van der Waals surface area contributed by atoms with Crippen LogP contribution >= 0.6 is 11.6 Å². The SMILES string of the molecule is C=Cc1c(Cl)cccc1N(C)Cc1cc(=O)n2[nH]c(-c3ccccc3)nc2n1. The maximum Gasteiger partial charge on any atom is 0.274 e. The Morgan fingerprint density at radius 3 is 2.71 bits per heavy atom. The summed E-state index contributed by atoms with van der Waals surface area (Å²) in [6.45, 7) is 4.27. The summed E-state index contributed by atoms with van der Waals surface area (Å²) in [5, 5.41) is 3.63. The van der Waals surface area contributed by atoms with Gasteiger partial charge in [-0.05, 0) is 12.1 Å². The van der Waals surface area contributed by atoms with Crippen molar-refractivity contribution < 1.29 is 0 Å². The van der Waals surface area contributed by atoms with Crippen LogP contribution in [0.15, 0.2) is 66.0 Å². The van der Waals surface area contributed by atoms with Crippen LogP contribution in [0.5, 0.6) is 0 Å². The van der Waals surface area contributed by atoms with E-state index in [2.05, 4.69) is 21.6 Å². The number of fused-ring (bicyclic) bond motifs is 1. The number of anilines is 1. The van der Waals surface area contributed by atoms with E-state index in [1.807, 2.05) is 60.5 Å². The fourth-order valence-corrected chi connectivity index (χ4v) is 3.37. The maximum atomic E-state index is 12.5. The normalized spacial score (nSPS) is 10.9. The van der Waals surface area contributed by atoms with Gasteiger partial charge in [0.25, 0.3) is 11.3 Å². The zero-order valence-electron chi connectivity index (χ0n) is 15.3. The van der Waals surface area contributed by atoms with Gasteiger partial charge in [-0.25, -0.2) is 4.98 Å². The molecule has 0 amide bonds. The van der Waals surface area contributed by atoms with Gasteiger partial charge in [-0.2, -0.15) is 9.50 Å². The van der Waals surface area contributed by atoms with Crippen molar-refractivity contribution in [2.45, 2.75) is 6.54 Å². The van der Waals surface area contributed by atoms with Crippen molar-refractivity contribution in [3.8, 4) is 11.4 Å². The summed E-state index contributed by atoms with van der Waals surface area (Å²) in [5.41, 5.74) is 3.06. The minimum absolute atomic E-state index is 0.210. The number of hydrogen-bond donors (Lipinski definition) is 1. The van der Waals surface area contributed by atoms with E-state index >= 15 is 0 Å². The maximum absolute atomic E-state index is 12.5. The van der Waals surface area contributed by atoms with Crippen LogP contribution in [0.3, 0.4) is 0 Å². The lowest BCUT2D eigenvalue weighted by molar-refractivity contribution is 0.840. The Bertz CT molecular complexity index is 1210. The fourth-order valence-electron chi connectivity index (χ4n) is 3.12. The molecule has 1 N–H and O–H groups in total. The van der Waals surface area contributed by atoms with Gasteiger partial charge in [-0.15, -0.1) is 0 Å². The van der Waals surface area contributed by atoms with Crippen molar-refractivity contribution in [1.82, 2.24) is 19.6 Å². The lowest BCUT2D eigenvalue weighted by Gasteiger charge is -2.21. The van der Waals surface area contributed by atoms with Crippen molar-refractivity contribution >= 4 is 29.1 Å². The van der Waals surface area contributed by atoms with Crippen LogP contribution in [0.2, 0.25) is 5.02 Å². The standard InChI is InChI=1S/C21H18ClN5O/c1-3-16-17(22)10-7-11-18(16)26(2)13-15-12-19(28)27-21(23-15)24-20(25-27)14-8-5-4-6-9-14/h3-12H,1,13H2,2H3,(H,23,24,25). The molecule has 0 aliphatic carbocycles. The first-order valence-corrected chi connectivity index (χ1v) is 9.11. The first kappa shape index (κ1) is 18.0. The molecule has 0 atom stereocenters. The Hall–Kier alpha value is -3.38. The number of aromatic nitrogens is 4. The summed E-state index contributed by atoms with van der Waals surface area (Å²) in [6.07, 6.45) is 1.72. The second-order valence-corrected chi connectivity index (χ2v) is 6.80. The number of nitrogens with one attached hydrogen (secondary N) is 1. The Kier molecular flexibility index (Phi) is 4.71. The molecule has 2 aromatic carbocycles. The molecule has 2 heterocycles. The minimum atomic E-state index is -0.210. The number of aromatic amines is 1. The van der Waals surface area contributed by atoms with Gasteiger partial charge >= 0.3 is 0 Å². The summed E-state index contributed by atoms with van der Waals surface area (Å²) in [5.74, 6) is 0.935. The highest BCUT2D eigenvalue weighted by Gasteiger charge is 2.13. The van der Waals surface area contributed by atoms with Gasteiger partial charge in [0.15, 0.2) is 5.82 Å². The molecule has 28 heavy (non-hydrogen) atoms. The Morgan fingerprint density at radius 2 is 1.96 bits per heavy atom. The van der Waals surface area contributed by atoms with Crippen molar-refractivity contribution in [3.63, 3.8) is 0 Å². The molecule has 0 spiro atoms. The number of rotatable bonds is 5. The van der Waals surface area contributed by atoms with Gasteiger partial charge < -0.3 is 4.90 Å². The summed E-state index contributed by atoms with van der Waals surface area (Å²) >= 11 is 6.26. The third-order valence-corrected chi connectivity index (χ3v) is 4.80. The molecule has 0 fully saturated rings. The van der Waals surface area contributed by atoms with Gasteiger partial charge in [-0.3, -0.25) is 9.89 Å². The first-order chi connectivity index (χ1) is 13.6. The molecule has 0 bridgehead atoms. The number of benzene rings is 2. The molecule has 7 heteroatoms. The zero-order valence-corrected chi connectivity index (χ0v) is 16.0. The summed E-state index contributed by atoms with van der Waals surface area (Å²) in [7, 11) is 1.92. The lowest BCUT2D eigenvalue weighted by atomic mass is 10.1. The molecule has 4 aromatic rings. The Morgan fingerprint density at radius 1 is 1.18 bits per heavy atom. The molecular weight excluding hydrogens is 374 g/mol. The van der Waals surface area contributed by atoms with Crippen molar-refractivity contribution in [1.29, 1.82) is 0 Å². The largest absolute Gasteiger partial charge is 0.368 e. The fraction of sp³-hybridized carbons (Fsp3) is 0.0952. The van der Waals surface area contributed by atoms with E-state index in [4.69, 9.17) is 11.6 Å². The van der Waals surface area contributed by atoms with E-state index in [0.29, 0.717) is 28.9 Å². The van der Waals surface area contributed by atoms with E-state index in [9.17, 15) is 4.79 Å². The molecule has 0 saturated carbocycles. The molecule has 0 unspecified atom stereocenters. The molecular formula is C21H18ClN5O. The Labute approximate surface area is 166 Å². The monoisotopic (exact) mass is 391 g/mol.